The number of nitrogens with zero attached hydrogens (tertiary/aromatic N) is 2. The topological polar surface area (TPSA) is 27.1 Å². The summed E-state index contributed by atoms with van der Waals surface area (Å²) < 4.78 is 7.90. The summed E-state index contributed by atoms with van der Waals surface area (Å²) in [5.41, 5.74) is 3.73. The molecular formula is C19H28N2O. The Hall–Kier alpha value is -1.77. The predicted octanol–water partition coefficient (Wildman–Crippen LogP) is 4.76. The molecule has 0 radical (unpaired) electrons. The van der Waals surface area contributed by atoms with Crippen LogP contribution in [0, 0.1) is 6.92 Å². The van der Waals surface area contributed by atoms with Gasteiger partial charge >= 0.3 is 0 Å². The fourth-order valence-corrected chi connectivity index (χ4v) is 2.53. The van der Waals surface area contributed by atoms with Crippen molar-refractivity contribution in [2.45, 2.75) is 66.0 Å². The Morgan fingerprint density at radius 1 is 1.18 bits per heavy atom. The monoisotopic (exact) mass is 300 g/mol. The second-order valence-electron chi connectivity index (χ2n) is 5.62. The summed E-state index contributed by atoms with van der Waals surface area (Å²) in [7, 11) is 0. The van der Waals surface area contributed by atoms with Crippen LogP contribution in [0.2, 0.25) is 0 Å². The molecule has 1 aromatic carbocycles. The van der Waals surface area contributed by atoms with Crippen LogP contribution in [0.3, 0.4) is 0 Å². The molecule has 0 spiro atoms. The summed E-state index contributed by atoms with van der Waals surface area (Å²) in [6.07, 6.45) is 7.27. The third kappa shape index (κ3) is 4.12. The van der Waals surface area contributed by atoms with E-state index in [0.717, 1.165) is 18.7 Å². The lowest BCUT2D eigenvalue weighted by Crippen LogP contribution is -2.24. The highest BCUT2D eigenvalue weighted by Crippen LogP contribution is 2.25. The fourth-order valence-electron chi connectivity index (χ4n) is 2.53. The van der Waals surface area contributed by atoms with Crippen LogP contribution < -0.4 is 4.74 Å². The fraction of sp³-hybridized carbons (Fsp3) is 0.526. The quantitative estimate of drug-likeness (QED) is 0.796. The van der Waals surface area contributed by atoms with E-state index in [1.165, 1.54) is 36.1 Å². The Kier molecular flexibility index (Phi) is 6.05. The highest BCUT2D eigenvalue weighted by molar-refractivity contribution is 5.28. The van der Waals surface area contributed by atoms with Gasteiger partial charge in [-0.25, -0.2) is 0 Å². The lowest BCUT2D eigenvalue weighted by atomic mass is 9.96. The third-order valence-corrected chi connectivity index (χ3v) is 4.00. The Bertz CT molecular complexity index is 568. The highest BCUT2D eigenvalue weighted by Gasteiger charge is 2.18. The first-order valence-electron chi connectivity index (χ1n) is 8.53. The van der Waals surface area contributed by atoms with Gasteiger partial charge in [0.25, 0.3) is 0 Å². The predicted molar refractivity (Wildman–Crippen MR) is 91.5 cm³/mol. The molecule has 1 aliphatic rings. The van der Waals surface area contributed by atoms with E-state index in [0.29, 0.717) is 6.10 Å². The van der Waals surface area contributed by atoms with E-state index < -0.39 is 0 Å². The molecule has 0 saturated heterocycles. The van der Waals surface area contributed by atoms with Crippen molar-refractivity contribution in [1.29, 1.82) is 0 Å². The second kappa shape index (κ2) is 8.02. The molecule has 2 aromatic rings. The summed E-state index contributed by atoms with van der Waals surface area (Å²) in [6.45, 7) is 9.09. The molecular weight excluding hydrogens is 272 g/mol. The zero-order valence-corrected chi connectivity index (χ0v) is 14.3. The molecule has 0 unspecified atom stereocenters. The first kappa shape index (κ1) is 16.6. The van der Waals surface area contributed by atoms with E-state index in [-0.39, 0.29) is 0 Å². The van der Waals surface area contributed by atoms with Crippen LogP contribution in [0.25, 0.3) is 0 Å². The van der Waals surface area contributed by atoms with Crippen molar-refractivity contribution < 1.29 is 4.74 Å². The Labute approximate surface area is 134 Å². The van der Waals surface area contributed by atoms with E-state index in [9.17, 15) is 0 Å². The molecule has 120 valence electrons. The number of hydrogen-bond donors (Lipinski definition) is 0. The Balaban J connectivity index is 0.000000847. The van der Waals surface area contributed by atoms with Gasteiger partial charge in [-0.3, -0.25) is 4.68 Å². The zero-order chi connectivity index (χ0) is 15.9. The number of aryl methyl sites for hydroxylation is 2. The number of hydrogen-bond acceptors (Lipinski definition) is 2. The number of ether oxygens (including phenoxy) is 1. The largest absolute Gasteiger partial charge is 0.490 e. The lowest BCUT2D eigenvalue weighted by Gasteiger charge is -2.26. The molecule has 0 bridgehead atoms. The average Bonchev–Trinajstić information content (AvgIpc) is 2.86. The van der Waals surface area contributed by atoms with Crippen LogP contribution in [-0.2, 0) is 13.0 Å². The maximum Gasteiger partial charge on any atom is 0.119 e. The molecule has 3 rings (SSSR count). The summed E-state index contributed by atoms with van der Waals surface area (Å²) in [5.74, 6) is 0.990. The molecule has 22 heavy (non-hydrogen) atoms. The van der Waals surface area contributed by atoms with Crippen LogP contribution in [0.5, 0.6) is 5.75 Å². The van der Waals surface area contributed by atoms with Crippen LogP contribution in [0.15, 0.2) is 30.5 Å². The second-order valence-corrected chi connectivity index (χ2v) is 5.62. The minimum Gasteiger partial charge on any atom is -0.490 e. The molecule has 1 saturated carbocycles. The van der Waals surface area contributed by atoms with Gasteiger partial charge in [-0.1, -0.05) is 32.9 Å². The number of rotatable bonds is 5. The van der Waals surface area contributed by atoms with Crippen LogP contribution >= 0.6 is 0 Å². The Morgan fingerprint density at radius 2 is 1.86 bits per heavy atom. The molecule has 0 N–H and O–H groups in total. The maximum atomic E-state index is 5.87. The molecule has 3 nitrogen and oxygen atoms in total. The maximum absolute atomic E-state index is 5.87. The van der Waals surface area contributed by atoms with Crippen molar-refractivity contribution in [3.05, 3.63) is 47.3 Å². The van der Waals surface area contributed by atoms with Crippen molar-refractivity contribution in [3.63, 3.8) is 0 Å². The molecule has 1 aliphatic carbocycles. The van der Waals surface area contributed by atoms with Gasteiger partial charge in [0.1, 0.15) is 5.75 Å². The number of aromatic nitrogens is 2. The van der Waals surface area contributed by atoms with Gasteiger partial charge in [-0.2, -0.15) is 5.10 Å². The van der Waals surface area contributed by atoms with E-state index in [4.69, 9.17) is 4.74 Å². The SMILES string of the molecule is CC.CCc1nn(Cc2ccc(OC3CCC3)cc2)cc1C. The first-order chi connectivity index (χ1) is 10.7. The average molecular weight is 300 g/mol. The van der Waals surface area contributed by atoms with E-state index in [2.05, 4.69) is 49.4 Å². The van der Waals surface area contributed by atoms with Crippen molar-refractivity contribution in [2.24, 2.45) is 0 Å². The molecule has 1 aromatic heterocycles. The molecule has 3 heteroatoms. The third-order valence-electron chi connectivity index (χ3n) is 4.00. The van der Waals surface area contributed by atoms with Gasteiger partial charge in [-0.15, -0.1) is 0 Å². The van der Waals surface area contributed by atoms with E-state index >= 15 is 0 Å². The molecule has 0 amide bonds. The molecule has 0 atom stereocenters. The normalized spacial score (nSPS) is 14.0. The summed E-state index contributed by atoms with van der Waals surface area (Å²) in [5, 5.41) is 4.60. The smallest absolute Gasteiger partial charge is 0.119 e. The van der Waals surface area contributed by atoms with Gasteiger partial charge in [0, 0.05) is 6.20 Å². The standard InChI is InChI=1S/C17H22N2O.C2H6/c1-3-17-13(2)11-19(18-17)12-14-7-9-16(10-8-14)20-15-5-4-6-15;1-2/h7-11,15H,3-6,12H2,1-2H3;1-2H3. The summed E-state index contributed by atoms with van der Waals surface area (Å²) >= 11 is 0. The Morgan fingerprint density at radius 3 is 2.36 bits per heavy atom. The van der Waals surface area contributed by atoms with Gasteiger partial charge in [0.05, 0.1) is 18.3 Å². The van der Waals surface area contributed by atoms with Gasteiger partial charge < -0.3 is 4.74 Å². The zero-order valence-electron chi connectivity index (χ0n) is 14.3. The van der Waals surface area contributed by atoms with Gasteiger partial charge in [0.15, 0.2) is 0 Å². The molecule has 1 fully saturated rings. The highest BCUT2D eigenvalue weighted by atomic mass is 16.5. The van der Waals surface area contributed by atoms with Gasteiger partial charge in [-0.05, 0) is 55.9 Å². The van der Waals surface area contributed by atoms with Crippen molar-refractivity contribution in [2.75, 3.05) is 0 Å². The molecule has 1 heterocycles. The van der Waals surface area contributed by atoms with Crippen LogP contribution in [-0.4, -0.2) is 15.9 Å². The summed E-state index contributed by atoms with van der Waals surface area (Å²) in [4.78, 5) is 0. The molecule has 0 aliphatic heterocycles. The van der Waals surface area contributed by atoms with E-state index in [1.807, 2.05) is 18.5 Å². The lowest BCUT2D eigenvalue weighted by molar-refractivity contribution is 0.120. The van der Waals surface area contributed by atoms with E-state index in [1.54, 1.807) is 0 Å². The van der Waals surface area contributed by atoms with Crippen molar-refractivity contribution >= 4 is 0 Å². The van der Waals surface area contributed by atoms with Crippen molar-refractivity contribution in [1.82, 2.24) is 9.78 Å². The first-order valence-corrected chi connectivity index (χ1v) is 8.53. The number of benzene rings is 1. The van der Waals surface area contributed by atoms with Crippen molar-refractivity contribution in [3.8, 4) is 5.75 Å². The van der Waals surface area contributed by atoms with Crippen LogP contribution in [0.1, 0.15) is 56.9 Å². The van der Waals surface area contributed by atoms with Gasteiger partial charge in [0.2, 0.25) is 0 Å². The van der Waals surface area contributed by atoms with Crippen LogP contribution in [0.4, 0.5) is 0 Å². The summed E-state index contributed by atoms with van der Waals surface area (Å²) in [6, 6.07) is 8.42. The minimum atomic E-state index is 0.446. The minimum absolute atomic E-state index is 0.446.